The second-order valence-electron chi connectivity index (χ2n) is 4.48. The van der Waals surface area contributed by atoms with E-state index in [4.69, 9.17) is 11.6 Å². The zero-order valence-electron chi connectivity index (χ0n) is 10.7. The van der Waals surface area contributed by atoms with E-state index in [2.05, 4.69) is 39.9 Å². The minimum Gasteiger partial charge on any atom is -0.232 e. The highest BCUT2D eigenvalue weighted by Crippen LogP contribution is 2.28. The summed E-state index contributed by atoms with van der Waals surface area (Å²) in [5.41, 5.74) is 1.87. The molecule has 2 aromatic heterocycles. The summed E-state index contributed by atoms with van der Waals surface area (Å²) in [7, 11) is 0. The first-order valence-electron chi connectivity index (χ1n) is 6.37. The van der Waals surface area contributed by atoms with Gasteiger partial charge in [0.15, 0.2) is 5.65 Å². The van der Waals surface area contributed by atoms with Crippen LogP contribution in [0.3, 0.4) is 0 Å². The maximum atomic E-state index is 6.25. The first-order valence-corrected chi connectivity index (χ1v) is 7.54. The number of hydrogen-bond acceptors (Lipinski definition) is 2. The molecule has 1 unspecified atom stereocenters. The van der Waals surface area contributed by atoms with Crippen LogP contribution in [0.15, 0.2) is 16.7 Å². The fraction of sp³-hybridized carbons (Fsp3) is 0.538. The average molecular weight is 331 g/mol. The second kappa shape index (κ2) is 6.02. The first-order chi connectivity index (χ1) is 8.67. The van der Waals surface area contributed by atoms with Gasteiger partial charge in [-0.15, -0.1) is 0 Å². The number of halogens is 2. The second-order valence-corrected chi connectivity index (χ2v) is 5.72. The zero-order valence-corrected chi connectivity index (χ0v) is 13.0. The van der Waals surface area contributed by atoms with Crippen molar-refractivity contribution in [2.75, 3.05) is 0 Å². The van der Waals surface area contributed by atoms with Crippen LogP contribution in [0.25, 0.3) is 5.65 Å². The largest absolute Gasteiger partial charge is 0.232 e. The summed E-state index contributed by atoms with van der Waals surface area (Å²) < 4.78 is 2.54. The molecule has 0 saturated heterocycles. The summed E-state index contributed by atoms with van der Waals surface area (Å²) in [6.45, 7) is 4.41. The Bertz CT molecular complexity index is 538. The molecular formula is C13H17BrClN3. The van der Waals surface area contributed by atoms with Crippen molar-refractivity contribution in [1.29, 1.82) is 0 Å². The van der Waals surface area contributed by atoms with Gasteiger partial charge in [-0.3, -0.25) is 0 Å². The Morgan fingerprint density at radius 1 is 1.44 bits per heavy atom. The molecule has 18 heavy (non-hydrogen) atoms. The lowest BCUT2D eigenvalue weighted by Gasteiger charge is -2.14. The molecule has 0 saturated carbocycles. The average Bonchev–Trinajstić information content (AvgIpc) is 2.73. The van der Waals surface area contributed by atoms with E-state index < -0.39 is 0 Å². The van der Waals surface area contributed by atoms with Crippen molar-refractivity contribution >= 4 is 33.2 Å². The van der Waals surface area contributed by atoms with E-state index in [0.29, 0.717) is 11.1 Å². The molecule has 2 aromatic rings. The highest BCUT2D eigenvalue weighted by atomic mass is 79.9. The Balaban J connectivity index is 2.40. The number of hydrogen-bond donors (Lipinski definition) is 0. The molecule has 0 radical (unpaired) electrons. The molecule has 5 heteroatoms. The van der Waals surface area contributed by atoms with Gasteiger partial charge < -0.3 is 0 Å². The fourth-order valence-corrected chi connectivity index (χ4v) is 2.72. The van der Waals surface area contributed by atoms with Gasteiger partial charge >= 0.3 is 0 Å². The van der Waals surface area contributed by atoms with E-state index in [1.165, 1.54) is 12.8 Å². The molecule has 0 bridgehead atoms. The summed E-state index contributed by atoms with van der Waals surface area (Å²) >= 11 is 9.70. The van der Waals surface area contributed by atoms with Crippen LogP contribution in [-0.4, -0.2) is 14.6 Å². The Labute approximate surface area is 121 Å². The van der Waals surface area contributed by atoms with Gasteiger partial charge in [0.2, 0.25) is 0 Å². The topological polar surface area (TPSA) is 30.2 Å². The lowest BCUT2D eigenvalue weighted by atomic mass is 9.96. The molecule has 98 valence electrons. The van der Waals surface area contributed by atoms with Gasteiger partial charge in [0.25, 0.3) is 0 Å². The minimum absolute atomic E-state index is 0.481. The molecule has 2 heterocycles. The van der Waals surface area contributed by atoms with Crippen LogP contribution in [-0.2, 0) is 0 Å². The molecule has 1 atom stereocenters. The predicted octanol–water partition coefficient (Wildman–Crippen LogP) is 4.83. The maximum Gasteiger partial charge on any atom is 0.171 e. The SMILES string of the molecule is CCCCC(CC)c1cc(Cl)n2ncc(Br)c2n1. The molecule has 0 spiro atoms. The van der Waals surface area contributed by atoms with Crippen LogP contribution in [0, 0.1) is 0 Å². The molecule has 0 aromatic carbocycles. The van der Waals surface area contributed by atoms with Crippen LogP contribution in [0.2, 0.25) is 5.15 Å². The maximum absolute atomic E-state index is 6.25. The molecule has 0 aliphatic carbocycles. The van der Waals surface area contributed by atoms with Crippen LogP contribution in [0.1, 0.15) is 51.1 Å². The molecule has 3 nitrogen and oxygen atoms in total. The number of nitrogens with zero attached hydrogens (tertiary/aromatic N) is 3. The van der Waals surface area contributed by atoms with E-state index in [0.717, 1.165) is 28.7 Å². The standard InChI is InChI=1S/C13H17BrClN3/c1-3-5-6-9(4-2)11-7-12(15)18-13(17-11)10(14)8-16-18/h7-9H,3-6H2,1-2H3. The van der Waals surface area contributed by atoms with Crippen LogP contribution in [0.5, 0.6) is 0 Å². The third-order valence-corrected chi connectivity index (χ3v) is 4.05. The third kappa shape index (κ3) is 2.69. The van der Waals surface area contributed by atoms with E-state index in [1.54, 1.807) is 10.7 Å². The van der Waals surface area contributed by atoms with E-state index in [-0.39, 0.29) is 0 Å². The monoisotopic (exact) mass is 329 g/mol. The molecule has 0 N–H and O–H groups in total. The first kappa shape index (κ1) is 13.8. The zero-order chi connectivity index (χ0) is 13.1. The summed E-state index contributed by atoms with van der Waals surface area (Å²) in [4.78, 5) is 4.69. The number of aromatic nitrogens is 3. The Morgan fingerprint density at radius 3 is 2.89 bits per heavy atom. The van der Waals surface area contributed by atoms with E-state index in [1.807, 2.05) is 6.07 Å². The summed E-state index contributed by atoms with van der Waals surface area (Å²) in [6.07, 6.45) is 6.42. The smallest absolute Gasteiger partial charge is 0.171 e. The molecule has 0 amide bonds. The van der Waals surface area contributed by atoms with Crippen molar-refractivity contribution in [3.63, 3.8) is 0 Å². The van der Waals surface area contributed by atoms with Gasteiger partial charge in [-0.25, -0.2) is 9.50 Å². The number of rotatable bonds is 5. The summed E-state index contributed by atoms with van der Waals surface area (Å²) in [6, 6.07) is 1.94. The Morgan fingerprint density at radius 2 is 2.22 bits per heavy atom. The van der Waals surface area contributed by atoms with Gasteiger partial charge in [-0.05, 0) is 34.8 Å². The van der Waals surface area contributed by atoms with E-state index in [9.17, 15) is 0 Å². The van der Waals surface area contributed by atoms with Gasteiger partial charge in [-0.1, -0.05) is 38.3 Å². The third-order valence-electron chi connectivity index (χ3n) is 3.22. The fourth-order valence-electron chi connectivity index (χ4n) is 2.14. The Hall–Kier alpha value is -0.610. The molecule has 0 aliphatic rings. The van der Waals surface area contributed by atoms with Crippen molar-refractivity contribution in [2.24, 2.45) is 0 Å². The predicted molar refractivity (Wildman–Crippen MR) is 78.3 cm³/mol. The lowest BCUT2D eigenvalue weighted by Crippen LogP contribution is -2.04. The van der Waals surface area contributed by atoms with E-state index >= 15 is 0 Å². The van der Waals surface area contributed by atoms with Crippen molar-refractivity contribution in [3.05, 3.63) is 27.6 Å². The molecular weight excluding hydrogens is 314 g/mol. The number of fused-ring (bicyclic) bond motifs is 1. The van der Waals surface area contributed by atoms with Gasteiger partial charge in [0.1, 0.15) is 5.15 Å². The highest BCUT2D eigenvalue weighted by Gasteiger charge is 2.15. The van der Waals surface area contributed by atoms with Gasteiger partial charge in [0.05, 0.1) is 10.7 Å². The minimum atomic E-state index is 0.481. The van der Waals surface area contributed by atoms with Gasteiger partial charge in [-0.2, -0.15) is 5.10 Å². The van der Waals surface area contributed by atoms with Crippen LogP contribution in [0.4, 0.5) is 0 Å². The summed E-state index contributed by atoms with van der Waals surface area (Å²) in [5.74, 6) is 0.481. The van der Waals surface area contributed by atoms with Crippen molar-refractivity contribution < 1.29 is 0 Å². The quantitative estimate of drug-likeness (QED) is 0.735. The molecule has 2 rings (SSSR count). The molecule has 0 aliphatic heterocycles. The van der Waals surface area contributed by atoms with Gasteiger partial charge in [0, 0.05) is 11.6 Å². The molecule has 0 fully saturated rings. The van der Waals surface area contributed by atoms with Crippen molar-refractivity contribution in [3.8, 4) is 0 Å². The van der Waals surface area contributed by atoms with Crippen molar-refractivity contribution in [1.82, 2.24) is 14.6 Å². The lowest BCUT2D eigenvalue weighted by molar-refractivity contribution is 0.557. The normalized spacial score (nSPS) is 13.1. The van der Waals surface area contributed by atoms with Crippen LogP contribution < -0.4 is 0 Å². The summed E-state index contributed by atoms with van der Waals surface area (Å²) in [5, 5.41) is 4.80. The highest BCUT2D eigenvalue weighted by molar-refractivity contribution is 9.10. The van der Waals surface area contributed by atoms with Crippen molar-refractivity contribution in [2.45, 2.75) is 45.4 Å². The Kier molecular flexibility index (Phi) is 4.62. The number of unbranched alkanes of at least 4 members (excludes halogenated alkanes) is 1. The van der Waals surface area contributed by atoms with Crippen LogP contribution >= 0.6 is 27.5 Å².